The van der Waals surface area contributed by atoms with Crippen LogP contribution in [0.4, 0.5) is 8.78 Å². The number of benzene rings is 2. The first-order valence-corrected chi connectivity index (χ1v) is 8.42. The van der Waals surface area contributed by atoms with E-state index in [4.69, 9.17) is 0 Å². The number of aromatic amines is 1. The first kappa shape index (κ1) is 15.3. The summed E-state index contributed by atoms with van der Waals surface area (Å²) in [5.74, 6) is 0.733. The molecule has 124 valence electrons. The van der Waals surface area contributed by atoms with Crippen LogP contribution in [-0.4, -0.2) is 18.1 Å². The predicted octanol–water partition coefficient (Wildman–Crippen LogP) is 4.38. The van der Waals surface area contributed by atoms with E-state index in [0.29, 0.717) is 11.8 Å². The number of nitrogens with one attached hydrogen (secondary N) is 2. The predicted molar refractivity (Wildman–Crippen MR) is 92.1 cm³/mol. The maximum absolute atomic E-state index is 13.5. The quantitative estimate of drug-likeness (QED) is 0.646. The lowest BCUT2D eigenvalue weighted by molar-refractivity contribution is 0.614. The molecule has 0 spiro atoms. The summed E-state index contributed by atoms with van der Waals surface area (Å²) in [7, 11) is 0. The van der Waals surface area contributed by atoms with Crippen LogP contribution in [0.5, 0.6) is 0 Å². The molecule has 1 aliphatic carbocycles. The molecule has 0 saturated heterocycles. The highest BCUT2D eigenvalue weighted by atomic mass is 19.1. The molecule has 0 amide bonds. The van der Waals surface area contributed by atoms with Crippen molar-refractivity contribution in [3.63, 3.8) is 0 Å². The lowest BCUT2D eigenvalue weighted by Crippen LogP contribution is -2.20. The Kier molecular flexibility index (Phi) is 4.07. The van der Waals surface area contributed by atoms with Crippen molar-refractivity contribution >= 4 is 10.9 Å². The van der Waals surface area contributed by atoms with Gasteiger partial charge in [-0.3, -0.25) is 0 Å². The highest BCUT2D eigenvalue weighted by Crippen LogP contribution is 2.49. The average molecular weight is 326 g/mol. The van der Waals surface area contributed by atoms with Crippen molar-refractivity contribution in [2.24, 2.45) is 5.92 Å². The molecule has 2 nitrogen and oxygen atoms in total. The Morgan fingerprint density at radius 3 is 2.83 bits per heavy atom. The smallest absolute Gasteiger partial charge is 0.123 e. The lowest BCUT2D eigenvalue weighted by Gasteiger charge is -2.05. The molecule has 4 heteroatoms. The highest BCUT2D eigenvalue weighted by molar-refractivity contribution is 5.84. The zero-order valence-electron chi connectivity index (χ0n) is 13.4. The topological polar surface area (TPSA) is 27.8 Å². The first-order chi connectivity index (χ1) is 11.7. The van der Waals surface area contributed by atoms with Gasteiger partial charge >= 0.3 is 0 Å². The Morgan fingerprint density at radius 1 is 1.08 bits per heavy atom. The number of halogens is 2. The second-order valence-electron chi connectivity index (χ2n) is 6.62. The summed E-state index contributed by atoms with van der Waals surface area (Å²) < 4.78 is 26.6. The van der Waals surface area contributed by atoms with Gasteiger partial charge in [-0.2, -0.15) is 0 Å². The van der Waals surface area contributed by atoms with Gasteiger partial charge in [-0.05, 0) is 79.2 Å². The van der Waals surface area contributed by atoms with Gasteiger partial charge in [-0.15, -0.1) is 0 Å². The molecule has 4 rings (SSSR count). The van der Waals surface area contributed by atoms with Crippen LogP contribution >= 0.6 is 0 Å². The molecule has 1 aliphatic rings. The Bertz CT molecular complexity index is 856. The molecule has 0 radical (unpaired) electrons. The van der Waals surface area contributed by atoms with Gasteiger partial charge < -0.3 is 10.3 Å². The van der Waals surface area contributed by atoms with Gasteiger partial charge in [0, 0.05) is 17.1 Å². The minimum absolute atomic E-state index is 0.179. The fraction of sp³-hybridized carbons (Fsp3) is 0.300. The van der Waals surface area contributed by atoms with E-state index >= 15 is 0 Å². The number of H-pyrrole nitrogens is 1. The number of rotatable bonds is 6. The number of fused-ring (bicyclic) bond motifs is 1. The fourth-order valence-corrected chi connectivity index (χ4v) is 3.49. The Balaban J connectivity index is 1.30. The second kappa shape index (κ2) is 6.36. The van der Waals surface area contributed by atoms with Crippen LogP contribution in [0, 0.1) is 17.6 Å². The van der Waals surface area contributed by atoms with Crippen molar-refractivity contribution < 1.29 is 8.78 Å². The molecule has 1 aromatic heterocycles. The molecule has 2 atom stereocenters. The van der Waals surface area contributed by atoms with E-state index in [1.165, 1.54) is 17.7 Å². The van der Waals surface area contributed by atoms with Gasteiger partial charge in [0.2, 0.25) is 0 Å². The Hall–Kier alpha value is -2.20. The zero-order valence-corrected chi connectivity index (χ0v) is 13.4. The normalized spacial score (nSPS) is 19.8. The van der Waals surface area contributed by atoms with E-state index in [2.05, 4.69) is 10.3 Å². The molecule has 1 heterocycles. The molecule has 3 aromatic rings. The second-order valence-corrected chi connectivity index (χ2v) is 6.62. The van der Waals surface area contributed by atoms with Crippen LogP contribution in [0.15, 0.2) is 48.7 Å². The Labute approximate surface area is 139 Å². The standard InChI is InChI=1S/C20H20F2N2/c21-15-3-1-2-13(8-15)6-7-23-11-14-9-17(14)19-12-24-20-5-4-16(22)10-18(19)20/h1-5,8,10,12,14,17,23-24H,6-7,9,11H2/t14-,17+/m0/s1. The van der Waals surface area contributed by atoms with Crippen LogP contribution in [0.1, 0.15) is 23.5 Å². The molecule has 2 N–H and O–H groups in total. The third-order valence-electron chi connectivity index (χ3n) is 4.88. The Morgan fingerprint density at radius 2 is 1.96 bits per heavy atom. The fourth-order valence-electron chi connectivity index (χ4n) is 3.49. The van der Waals surface area contributed by atoms with Crippen LogP contribution in [0.25, 0.3) is 10.9 Å². The third-order valence-corrected chi connectivity index (χ3v) is 4.88. The van der Waals surface area contributed by atoms with E-state index < -0.39 is 0 Å². The van der Waals surface area contributed by atoms with Gasteiger partial charge in [0.15, 0.2) is 0 Å². The van der Waals surface area contributed by atoms with E-state index in [1.54, 1.807) is 24.3 Å². The molecule has 0 unspecified atom stereocenters. The van der Waals surface area contributed by atoms with Crippen molar-refractivity contribution in [3.05, 3.63) is 71.4 Å². The minimum Gasteiger partial charge on any atom is -0.361 e. The van der Waals surface area contributed by atoms with Crippen molar-refractivity contribution in [2.45, 2.75) is 18.8 Å². The van der Waals surface area contributed by atoms with E-state index in [-0.39, 0.29) is 11.6 Å². The summed E-state index contributed by atoms with van der Waals surface area (Å²) in [6.45, 7) is 1.79. The van der Waals surface area contributed by atoms with E-state index in [0.717, 1.165) is 42.4 Å². The monoisotopic (exact) mass is 326 g/mol. The van der Waals surface area contributed by atoms with E-state index in [1.807, 2.05) is 12.3 Å². The molecule has 0 bridgehead atoms. The van der Waals surface area contributed by atoms with Crippen LogP contribution < -0.4 is 5.32 Å². The van der Waals surface area contributed by atoms with Gasteiger partial charge in [0.05, 0.1) is 0 Å². The number of hydrogen-bond donors (Lipinski definition) is 2. The minimum atomic E-state index is -0.186. The van der Waals surface area contributed by atoms with Crippen molar-refractivity contribution in [3.8, 4) is 0 Å². The van der Waals surface area contributed by atoms with Gasteiger partial charge in [-0.25, -0.2) is 8.78 Å². The largest absolute Gasteiger partial charge is 0.361 e. The zero-order chi connectivity index (χ0) is 16.5. The number of hydrogen-bond acceptors (Lipinski definition) is 1. The number of aromatic nitrogens is 1. The van der Waals surface area contributed by atoms with Crippen molar-refractivity contribution in [2.75, 3.05) is 13.1 Å². The maximum Gasteiger partial charge on any atom is 0.123 e. The van der Waals surface area contributed by atoms with Crippen molar-refractivity contribution in [1.29, 1.82) is 0 Å². The summed E-state index contributed by atoms with van der Waals surface area (Å²) in [5.41, 5.74) is 3.24. The lowest BCUT2D eigenvalue weighted by atomic mass is 10.1. The summed E-state index contributed by atoms with van der Waals surface area (Å²) >= 11 is 0. The van der Waals surface area contributed by atoms with Gasteiger partial charge in [0.25, 0.3) is 0 Å². The molecule has 1 saturated carbocycles. The molecular formula is C20H20F2N2. The molecule has 2 aromatic carbocycles. The first-order valence-electron chi connectivity index (χ1n) is 8.42. The maximum atomic E-state index is 13.5. The van der Waals surface area contributed by atoms with Crippen LogP contribution in [0.2, 0.25) is 0 Å². The highest BCUT2D eigenvalue weighted by Gasteiger charge is 2.39. The molecule has 24 heavy (non-hydrogen) atoms. The van der Waals surface area contributed by atoms with Gasteiger partial charge in [0.1, 0.15) is 11.6 Å². The summed E-state index contributed by atoms with van der Waals surface area (Å²) in [6, 6.07) is 11.7. The summed E-state index contributed by atoms with van der Waals surface area (Å²) in [4.78, 5) is 3.23. The van der Waals surface area contributed by atoms with Crippen LogP contribution in [-0.2, 0) is 6.42 Å². The summed E-state index contributed by atoms with van der Waals surface area (Å²) in [5, 5.41) is 4.46. The SMILES string of the molecule is Fc1cccc(CCNC[C@@H]2C[C@H]2c2c[nH]c3ccc(F)cc23)c1. The molecule has 0 aliphatic heterocycles. The van der Waals surface area contributed by atoms with Crippen LogP contribution in [0.3, 0.4) is 0 Å². The summed E-state index contributed by atoms with van der Waals surface area (Å²) in [6.07, 6.45) is 3.98. The van der Waals surface area contributed by atoms with Crippen molar-refractivity contribution in [1.82, 2.24) is 10.3 Å². The van der Waals surface area contributed by atoms with E-state index in [9.17, 15) is 8.78 Å². The molecule has 1 fully saturated rings. The average Bonchev–Trinajstić information content (AvgIpc) is 3.21. The third kappa shape index (κ3) is 3.20. The molecular weight excluding hydrogens is 306 g/mol. The van der Waals surface area contributed by atoms with Gasteiger partial charge in [-0.1, -0.05) is 12.1 Å².